The molecule has 0 bridgehead atoms. The van der Waals surface area contributed by atoms with Crippen molar-refractivity contribution in [2.75, 3.05) is 6.54 Å². The number of carbonyl (C=O) groups excluding carboxylic acids is 6. The highest BCUT2D eigenvalue weighted by molar-refractivity contribution is 5.97. The summed E-state index contributed by atoms with van der Waals surface area (Å²) in [7, 11) is 0. The van der Waals surface area contributed by atoms with Gasteiger partial charge in [0.15, 0.2) is 5.96 Å². The predicted octanol–water partition coefficient (Wildman–Crippen LogP) is -0.965. The van der Waals surface area contributed by atoms with Crippen LogP contribution >= 0.6 is 0 Å². The number of phenolic OH excluding ortho intramolecular Hbond substituents is 1. The molecule has 0 aliphatic rings. The summed E-state index contributed by atoms with van der Waals surface area (Å²) >= 11 is 0. The number of benzene rings is 2. The van der Waals surface area contributed by atoms with E-state index in [0.717, 1.165) is 5.56 Å². The van der Waals surface area contributed by atoms with Gasteiger partial charge in [0.05, 0.1) is 12.5 Å². The summed E-state index contributed by atoms with van der Waals surface area (Å²) in [6.45, 7) is 7.37. The molecule has 2 rings (SSSR count). The van der Waals surface area contributed by atoms with Gasteiger partial charge in [-0.25, -0.2) is 4.79 Å². The standard InChI is InChI=1S/C40H60N10O9/c1-22(2)17-29(36(55)46-28(11-8-16-45-40(43)44)35(54)50-32(39(58)59)21-33(42)52)48-37(56)30(18-23(3)4)49-38(57)31(20-24-9-6-5-7-10-24)47-34(53)27(41)19-25-12-14-26(51)15-13-25/h5-7,9-10,12-15,22-23,27-32,51H,8,11,16-21,41H2,1-4H3,(H2,42,52)(H,46,55)(H,47,53)(H,48,56)(H,49,57)(H,50,54)(H,58,59)(H4,43,44,45)/t27-,28-,29-,30-,31-,32-/m0/s1. The molecule has 0 saturated carbocycles. The second-order valence-electron chi connectivity index (χ2n) is 15.2. The zero-order valence-corrected chi connectivity index (χ0v) is 34.0. The van der Waals surface area contributed by atoms with Gasteiger partial charge in [-0.3, -0.25) is 33.8 Å². The molecule has 0 aliphatic heterocycles. The molecule has 0 fully saturated rings. The summed E-state index contributed by atoms with van der Waals surface area (Å²) in [6, 6.07) is 7.51. The lowest BCUT2D eigenvalue weighted by atomic mass is 9.98. The number of amides is 6. The number of aromatic hydroxyl groups is 1. The summed E-state index contributed by atoms with van der Waals surface area (Å²) in [5.41, 5.74) is 23.6. The van der Waals surface area contributed by atoms with Gasteiger partial charge in [0.2, 0.25) is 35.4 Å². The molecule has 0 aromatic heterocycles. The minimum absolute atomic E-state index is 0.0551. The van der Waals surface area contributed by atoms with Gasteiger partial charge in [0.25, 0.3) is 0 Å². The summed E-state index contributed by atoms with van der Waals surface area (Å²) in [4.78, 5) is 95.6. The minimum atomic E-state index is -1.67. The number of nitrogens with one attached hydrogen (secondary N) is 5. The number of aliphatic imine (C=N–C) groups is 1. The SMILES string of the molecule is CC(C)C[C@H](NC(=O)[C@H](CC(C)C)NC(=O)[C@H](Cc1ccccc1)NC(=O)[C@@H](N)Cc1ccc(O)cc1)C(=O)N[C@@H](CCCN=C(N)N)C(=O)N[C@@H](CC(N)=O)C(=O)O. The Balaban J connectivity index is 2.34. The third-order valence-corrected chi connectivity index (χ3v) is 8.92. The van der Waals surface area contributed by atoms with Crippen molar-refractivity contribution in [2.45, 2.75) is 109 Å². The van der Waals surface area contributed by atoms with Gasteiger partial charge >= 0.3 is 5.97 Å². The Bertz CT molecular complexity index is 1750. The zero-order chi connectivity index (χ0) is 44.2. The number of nitrogens with two attached hydrogens (primary N) is 4. The average Bonchev–Trinajstić information content (AvgIpc) is 3.15. The fourth-order valence-electron chi connectivity index (χ4n) is 5.99. The lowest BCUT2D eigenvalue weighted by Crippen LogP contribution is -2.60. The Kier molecular flexibility index (Phi) is 20.3. The molecule has 0 saturated heterocycles. The van der Waals surface area contributed by atoms with Crippen LogP contribution in [0.15, 0.2) is 59.6 Å². The summed E-state index contributed by atoms with van der Waals surface area (Å²) < 4.78 is 0. The molecule has 6 amide bonds. The summed E-state index contributed by atoms with van der Waals surface area (Å²) in [5, 5.41) is 32.2. The first-order chi connectivity index (χ1) is 27.7. The van der Waals surface area contributed by atoms with Crippen molar-refractivity contribution in [3.05, 3.63) is 65.7 Å². The molecule has 0 spiro atoms. The first kappa shape index (κ1) is 48.9. The minimum Gasteiger partial charge on any atom is -0.508 e. The third-order valence-electron chi connectivity index (χ3n) is 8.92. The fourth-order valence-corrected chi connectivity index (χ4v) is 5.99. The van der Waals surface area contributed by atoms with Crippen LogP contribution in [-0.2, 0) is 46.4 Å². The van der Waals surface area contributed by atoms with E-state index in [1.54, 1.807) is 42.5 Å². The number of hydrogen-bond acceptors (Lipinski definition) is 10. The van der Waals surface area contributed by atoms with Crippen molar-refractivity contribution < 1.29 is 43.8 Å². The van der Waals surface area contributed by atoms with E-state index in [9.17, 15) is 43.8 Å². The van der Waals surface area contributed by atoms with E-state index < -0.39 is 84.1 Å². The molecule has 0 unspecified atom stereocenters. The van der Waals surface area contributed by atoms with Gasteiger partial charge in [0.1, 0.15) is 36.0 Å². The van der Waals surface area contributed by atoms with E-state index in [1.165, 1.54) is 12.1 Å². The maximum absolute atomic E-state index is 14.0. The molecule has 0 aliphatic carbocycles. The Morgan fingerprint density at radius 1 is 0.610 bits per heavy atom. The smallest absolute Gasteiger partial charge is 0.326 e. The molecule has 59 heavy (non-hydrogen) atoms. The van der Waals surface area contributed by atoms with Crippen LogP contribution in [-0.4, -0.2) is 100 Å². The normalized spacial score (nSPS) is 14.1. The number of carbonyl (C=O) groups is 7. The molecule has 19 nitrogen and oxygen atoms in total. The molecule has 2 aromatic rings. The Morgan fingerprint density at radius 2 is 1.07 bits per heavy atom. The van der Waals surface area contributed by atoms with Crippen LogP contribution in [0.2, 0.25) is 0 Å². The van der Waals surface area contributed by atoms with Crippen LogP contribution in [0.3, 0.4) is 0 Å². The third kappa shape index (κ3) is 18.7. The first-order valence-corrected chi connectivity index (χ1v) is 19.4. The lowest BCUT2D eigenvalue weighted by Gasteiger charge is -2.28. The topological polar surface area (TPSA) is 337 Å². The van der Waals surface area contributed by atoms with E-state index >= 15 is 0 Å². The van der Waals surface area contributed by atoms with E-state index in [4.69, 9.17) is 22.9 Å². The molecule has 324 valence electrons. The second-order valence-corrected chi connectivity index (χ2v) is 15.2. The fraction of sp³-hybridized carbons (Fsp3) is 0.500. The maximum Gasteiger partial charge on any atom is 0.326 e. The monoisotopic (exact) mass is 824 g/mol. The molecular weight excluding hydrogens is 765 g/mol. The zero-order valence-electron chi connectivity index (χ0n) is 34.0. The number of primary amides is 1. The van der Waals surface area contributed by atoms with Crippen LogP contribution in [0.25, 0.3) is 0 Å². The number of hydrogen-bond donors (Lipinski definition) is 11. The lowest BCUT2D eigenvalue weighted by molar-refractivity contribution is -0.143. The molecule has 0 radical (unpaired) electrons. The number of carboxylic acid groups (broad SMARTS) is 1. The molecule has 19 heteroatoms. The Morgan fingerprint density at radius 3 is 1.56 bits per heavy atom. The van der Waals surface area contributed by atoms with Gasteiger partial charge in [-0.1, -0.05) is 70.2 Å². The van der Waals surface area contributed by atoms with E-state index in [2.05, 4.69) is 31.6 Å². The van der Waals surface area contributed by atoms with Crippen molar-refractivity contribution in [2.24, 2.45) is 39.8 Å². The van der Waals surface area contributed by atoms with Crippen LogP contribution in [0.1, 0.15) is 70.9 Å². The molecule has 15 N–H and O–H groups in total. The highest BCUT2D eigenvalue weighted by Crippen LogP contribution is 2.14. The largest absolute Gasteiger partial charge is 0.508 e. The van der Waals surface area contributed by atoms with Crippen molar-refractivity contribution >= 4 is 47.4 Å². The number of nitrogens with zero attached hydrogens (tertiary/aromatic N) is 1. The van der Waals surface area contributed by atoms with Crippen molar-refractivity contribution in [3.63, 3.8) is 0 Å². The number of phenols is 1. The highest BCUT2D eigenvalue weighted by atomic mass is 16.4. The van der Waals surface area contributed by atoms with Gasteiger partial charge in [-0.05, 0) is 67.2 Å². The van der Waals surface area contributed by atoms with Crippen LogP contribution in [0, 0.1) is 11.8 Å². The molecule has 6 atom stereocenters. The number of guanidine groups is 1. The Labute approximate surface area is 343 Å². The van der Waals surface area contributed by atoms with Gasteiger partial charge < -0.3 is 59.7 Å². The molecular formula is C40H60N10O9. The van der Waals surface area contributed by atoms with Gasteiger partial charge in [-0.15, -0.1) is 0 Å². The van der Waals surface area contributed by atoms with Gasteiger partial charge in [0, 0.05) is 13.0 Å². The Hall–Kier alpha value is -6.24. The maximum atomic E-state index is 14.0. The quantitative estimate of drug-likeness (QED) is 0.0328. The number of carboxylic acids is 1. The van der Waals surface area contributed by atoms with Crippen LogP contribution < -0.4 is 49.5 Å². The number of aliphatic carboxylic acids is 1. The second kappa shape index (κ2) is 24.5. The van der Waals surface area contributed by atoms with Crippen molar-refractivity contribution in [1.82, 2.24) is 26.6 Å². The van der Waals surface area contributed by atoms with E-state index in [1.807, 2.05) is 27.7 Å². The van der Waals surface area contributed by atoms with E-state index in [-0.39, 0.29) is 68.6 Å². The van der Waals surface area contributed by atoms with Crippen molar-refractivity contribution in [1.29, 1.82) is 0 Å². The average molecular weight is 825 g/mol. The van der Waals surface area contributed by atoms with Crippen LogP contribution in [0.5, 0.6) is 5.75 Å². The summed E-state index contributed by atoms with van der Waals surface area (Å²) in [6.07, 6.45) is -0.148. The highest BCUT2D eigenvalue weighted by Gasteiger charge is 2.34. The van der Waals surface area contributed by atoms with E-state index in [0.29, 0.717) is 5.56 Å². The summed E-state index contributed by atoms with van der Waals surface area (Å²) in [5.74, 6) is -6.61. The van der Waals surface area contributed by atoms with Gasteiger partial charge in [-0.2, -0.15) is 0 Å². The molecule has 0 heterocycles. The number of rotatable bonds is 25. The first-order valence-electron chi connectivity index (χ1n) is 19.4. The van der Waals surface area contributed by atoms with Crippen molar-refractivity contribution in [3.8, 4) is 5.75 Å². The molecule has 2 aromatic carbocycles. The predicted molar refractivity (Wildman–Crippen MR) is 220 cm³/mol. The van der Waals surface area contributed by atoms with Crippen LogP contribution in [0.4, 0.5) is 0 Å².